The molecule has 0 fully saturated rings. The molecule has 8 heteroatoms. The summed E-state index contributed by atoms with van der Waals surface area (Å²) >= 11 is 0. The van der Waals surface area contributed by atoms with Crippen molar-refractivity contribution in [1.29, 1.82) is 0 Å². The number of Topliss-reactive ketones (excluding diaryl/α,β-unsaturated/α-hetero) is 1. The second-order valence-corrected chi connectivity index (χ2v) is 9.21. The topological polar surface area (TPSA) is 80.7 Å². The average Bonchev–Trinajstić information content (AvgIpc) is 2.95. The number of ketones is 1. The van der Waals surface area contributed by atoms with Gasteiger partial charge in [-0.25, -0.2) is 9.37 Å². The first-order chi connectivity index (χ1) is 16.7. The lowest BCUT2D eigenvalue weighted by Crippen LogP contribution is -2.31. The normalized spacial score (nSPS) is 12.8. The number of benzene rings is 2. The van der Waals surface area contributed by atoms with Crippen LogP contribution in [0.4, 0.5) is 27.3 Å². The number of aryl methyl sites for hydroxylation is 1. The van der Waals surface area contributed by atoms with Crippen LogP contribution in [0.3, 0.4) is 0 Å². The maximum atomic E-state index is 14.5. The number of halogens is 1. The maximum Gasteiger partial charge on any atom is 0.173 e. The third-order valence-electron chi connectivity index (χ3n) is 6.28. The summed E-state index contributed by atoms with van der Waals surface area (Å²) in [5.41, 5.74) is 4.22. The number of pyridine rings is 1. The number of hydrogen-bond donors (Lipinski definition) is 3. The Balaban J connectivity index is 1.60. The Morgan fingerprint density at radius 1 is 1.14 bits per heavy atom. The number of aromatic hydroxyl groups is 1. The number of carbonyl (C=O) groups excluding carboxylic acids is 1. The highest BCUT2D eigenvalue weighted by atomic mass is 19.1. The molecule has 3 N–H and O–H groups in total. The fourth-order valence-corrected chi connectivity index (χ4v) is 4.20. The Morgan fingerprint density at radius 2 is 1.94 bits per heavy atom. The molecule has 0 saturated carbocycles. The van der Waals surface area contributed by atoms with Gasteiger partial charge < -0.3 is 20.6 Å². The molecule has 2 heterocycles. The largest absolute Gasteiger partial charge is 0.508 e. The highest BCUT2D eigenvalue weighted by molar-refractivity contribution is 6.09. The van der Waals surface area contributed by atoms with Crippen molar-refractivity contribution >= 4 is 28.7 Å². The second-order valence-electron chi connectivity index (χ2n) is 9.21. The Kier molecular flexibility index (Phi) is 7.33. The second kappa shape index (κ2) is 10.4. The van der Waals surface area contributed by atoms with E-state index >= 15 is 0 Å². The molecule has 0 radical (unpaired) electrons. The van der Waals surface area contributed by atoms with Crippen LogP contribution in [0.2, 0.25) is 0 Å². The van der Waals surface area contributed by atoms with Gasteiger partial charge in [0.05, 0.1) is 16.9 Å². The van der Waals surface area contributed by atoms with E-state index in [2.05, 4.69) is 58.6 Å². The molecule has 0 bridgehead atoms. The van der Waals surface area contributed by atoms with Crippen LogP contribution in [0.25, 0.3) is 0 Å². The fraction of sp³-hybridized carbons (Fsp3) is 0.333. The number of phenolic OH excluding ortho intramolecular Hbond substituents is 1. The van der Waals surface area contributed by atoms with Crippen molar-refractivity contribution in [2.24, 2.45) is 0 Å². The zero-order chi connectivity index (χ0) is 25.1. The van der Waals surface area contributed by atoms with Gasteiger partial charge in [-0.1, -0.05) is 19.1 Å². The van der Waals surface area contributed by atoms with E-state index in [0.29, 0.717) is 22.6 Å². The first-order valence-electron chi connectivity index (χ1n) is 11.8. The van der Waals surface area contributed by atoms with Gasteiger partial charge in [-0.05, 0) is 62.5 Å². The van der Waals surface area contributed by atoms with Crippen LogP contribution in [0.15, 0.2) is 42.6 Å². The third kappa shape index (κ3) is 5.61. The molecule has 7 nitrogen and oxygen atoms in total. The first-order valence-corrected chi connectivity index (χ1v) is 11.8. The predicted molar refractivity (Wildman–Crippen MR) is 138 cm³/mol. The van der Waals surface area contributed by atoms with Gasteiger partial charge in [-0.2, -0.15) is 0 Å². The fourth-order valence-electron chi connectivity index (χ4n) is 4.20. The quantitative estimate of drug-likeness (QED) is 0.428. The molecule has 0 spiro atoms. The third-order valence-corrected chi connectivity index (χ3v) is 6.28. The van der Waals surface area contributed by atoms with Gasteiger partial charge in [0.1, 0.15) is 17.4 Å². The molecular weight excluding hydrogens is 445 g/mol. The van der Waals surface area contributed by atoms with Crippen LogP contribution in [0, 0.1) is 12.7 Å². The van der Waals surface area contributed by atoms with E-state index < -0.39 is 5.82 Å². The predicted octanol–water partition coefficient (Wildman–Crippen LogP) is 4.84. The van der Waals surface area contributed by atoms with E-state index in [1.54, 1.807) is 19.2 Å². The van der Waals surface area contributed by atoms with Crippen molar-refractivity contribution < 1.29 is 14.3 Å². The lowest BCUT2D eigenvalue weighted by atomic mass is 10.0. The first kappa shape index (κ1) is 24.6. The summed E-state index contributed by atoms with van der Waals surface area (Å²) in [5, 5.41) is 16.3. The number of aromatic nitrogens is 1. The van der Waals surface area contributed by atoms with Crippen LogP contribution in [-0.4, -0.2) is 59.4 Å². The molecule has 3 aromatic rings. The monoisotopic (exact) mass is 477 g/mol. The van der Waals surface area contributed by atoms with Gasteiger partial charge in [-0.15, -0.1) is 0 Å². The smallest absolute Gasteiger partial charge is 0.173 e. The molecule has 0 unspecified atom stereocenters. The summed E-state index contributed by atoms with van der Waals surface area (Å²) in [7, 11) is 4.14. The van der Waals surface area contributed by atoms with E-state index in [4.69, 9.17) is 0 Å². The lowest BCUT2D eigenvalue weighted by Gasteiger charge is -2.23. The SMILES string of the molecule is CCN(CCN(C)C)Cc1ccc2c(c1)CC(=O)c1c(Nc3cc(O)c(C)cc3F)ccnc1N2. The minimum atomic E-state index is -0.512. The van der Waals surface area contributed by atoms with Gasteiger partial charge >= 0.3 is 0 Å². The molecule has 35 heavy (non-hydrogen) atoms. The van der Waals surface area contributed by atoms with E-state index in [1.165, 1.54) is 12.1 Å². The van der Waals surface area contributed by atoms with Crippen molar-refractivity contribution in [3.8, 4) is 5.75 Å². The van der Waals surface area contributed by atoms with Gasteiger partial charge in [0.15, 0.2) is 5.78 Å². The van der Waals surface area contributed by atoms with Gasteiger partial charge in [0, 0.05) is 44.0 Å². The van der Waals surface area contributed by atoms with Crippen molar-refractivity contribution in [2.75, 3.05) is 44.4 Å². The Labute approximate surface area is 205 Å². The number of rotatable bonds is 8. The van der Waals surface area contributed by atoms with Crippen molar-refractivity contribution in [3.05, 3.63) is 70.7 Å². The van der Waals surface area contributed by atoms with E-state index in [-0.39, 0.29) is 23.6 Å². The standard InChI is InChI=1S/C27H32FN5O2/c1-5-33(11-10-32(3)4)16-18-6-7-21-19(13-18)14-25(35)26-22(8-9-29-27(26)31-21)30-23-15-24(34)17(2)12-20(23)28/h6-9,12-13,15,34H,5,10-11,14,16H2,1-4H3,(H2,29,30,31). The molecule has 2 aromatic carbocycles. The summed E-state index contributed by atoms with van der Waals surface area (Å²) in [6.45, 7) is 7.47. The summed E-state index contributed by atoms with van der Waals surface area (Å²) in [5.74, 6) is -0.229. The van der Waals surface area contributed by atoms with Crippen LogP contribution in [-0.2, 0) is 13.0 Å². The molecular formula is C27H32FN5O2. The number of anilines is 4. The van der Waals surface area contributed by atoms with Crippen molar-refractivity contribution in [3.63, 3.8) is 0 Å². The molecule has 0 aliphatic carbocycles. The maximum absolute atomic E-state index is 14.5. The zero-order valence-electron chi connectivity index (χ0n) is 20.7. The molecule has 0 atom stereocenters. The van der Waals surface area contributed by atoms with Crippen molar-refractivity contribution in [2.45, 2.75) is 26.8 Å². The number of nitrogens with zero attached hydrogens (tertiary/aromatic N) is 3. The summed E-state index contributed by atoms with van der Waals surface area (Å²) in [6.07, 6.45) is 1.77. The minimum absolute atomic E-state index is 0.0230. The molecule has 184 valence electrons. The summed E-state index contributed by atoms with van der Waals surface area (Å²) in [4.78, 5) is 22.3. The molecule has 1 aliphatic rings. The Hall–Kier alpha value is -3.49. The number of fused-ring (bicyclic) bond motifs is 2. The summed E-state index contributed by atoms with van der Waals surface area (Å²) < 4.78 is 14.5. The van der Waals surface area contributed by atoms with E-state index in [1.807, 2.05) is 6.07 Å². The zero-order valence-corrected chi connectivity index (χ0v) is 20.7. The molecule has 1 aromatic heterocycles. The van der Waals surface area contributed by atoms with Gasteiger partial charge in [0.2, 0.25) is 0 Å². The van der Waals surface area contributed by atoms with Crippen LogP contribution in [0.1, 0.15) is 34.0 Å². The highest BCUT2D eigenvalue weighted by Gasteiger charge is 2.24. The number of likely N-dealkylation sites (N-methyl/N-ethyl adjacent to an activating group) is 2. The molecule has 0 amide bonds. The molecule has 0 saturated heterocycles. The van der Waals surface area contributed by atoms with E-state index in [0.717, 1.165) is 43.0 Å². The number of hydrogen-bond acceptors (Lipinski definition) is 7. The minimum Gasteiger partial charge on any atom is -0.508 e. The van der Waals surface area contributed by atoms with Crippen molar-refractivity contribution in [1.82, 2.24) is 14.8 Å². The molecule has 4 rings (SSSR count). The van der Waals surface area contributed by atoms with Gasteiger partial charge in [0.25, 0.3) is 0 Å². The lowest BCUT2D eigenvalue weighted by molar-refractivity contribution is 0.0995. The number of carbonyl (C=O) groups is 1. The Morgan fingerprint density at radius 3 is 2.69 bits per heavy atom. The number of nitrogens with one attached hydrogen (secondary N) is 2. The van der Waals surface area contributed by atoms with Crippen LogP contribution < -0.4 is 10.6 Å². The van der Waals surface area contributed by atoms with Crippen LogP contribution in [0.5, 0.6) is 5.75 Å². The highest BCUT2D eigenvalue weighted by Crippen LogP contribution is 2.35. The Bertz CT molecular complexity index is 1240. The molecule has 1 aliphatic heterocycles. The van der Waals surface area contributed by atoms with E-state index in [9.17, 15) is 14.3 Å². The summed E-state index contributed by atoms with van der Waals surface area (Å²) in [6, 6.07) is 10.4. The average molecular weight is 478 g/mol. The number of phenols is 1. The van der Waals surface area contributed by atoms with Crippen LogP contribution >= 0.6 is 0 Å². The van der Waals surface area contributed by atoms with Gasteiger partial charge in [-0.3, -0.25) is 9.69 Å².